The second-order valence-electron chi connectivity index (χ2n) is 6.62. The van der Waals surface area contributed by atoms with Gasteiger partial charge < -0.3 is 9.80 Å². The minimum absolute atomic E-state index is 0.0934. The van der Waals surface area contributed by atoms with E-state index >= 15 is 0 Å². The van der Waals surface area contributed by atoms with Crippen LogP contribution in [0.2, 0.25) is 0 Å². The number of nitrogens with zero attached hydrogens (tertiary/aromatic N) is 4. The number of piperazine rings is 1. The van der Waals surface area contributed by atoms with Crippen molar-refractivity contribution in [3.63, 3.8) is 0 Å². The molecule has 6 heteroatoms. The number of amides is 1. The number of benzene rings is 1. The van der Waals surface area contributed by atoms with Gasteiger partial charge in [0, 0.05) is 54.7 Å². The maximum atomic E-state index is 13.1. The summed E-state index contributed by atoms with van der Waals surface area (Å²) in [5.74, 6) is 0.0934. The van der Waals surface area contributed by atoms with E-state index in [-0.39, 0.29) is 11.9 Å². The molecule has 25 heavy (non-hydrogen) atoms. The number of carbonyl (C=O) groups is 1. The van der Waals surface area contributed by atoms with Crippen molar-refractivity contribution in [2.75, 3.05) is 24.5 Å². The first-order chi connectivity index (χ1) is 12.1. The minimum Gasteiger partial charge on any atom is -0.368 e. The fourth-order valence-corrected chi connectivity index (χ4v) is 3.54. The van der Waals surface area contributed by atoms with Crippen LogP contribution in [0.1, 0.15) is 22.8 Å². The molecule has 2 aromatic heterocycles. The third kappa shape index (κ3) is 2.84. The Bertz CT molecular complexity index is 905. The summed E-state index contributed by atoms with van der Waals surface area (Å²) in [6.07, 6.45) is 5.40. The smallest absolute Gasteiger partial charge is 0.254 e. The Hall–Kier alpha value is -2.89. The number of anilines is 1. The minimum atomic E-state index is 0.0934. The van der Waals surface area contributed by atoms with Crippen LogP contribution in [0.15, 0.2) is 42.9 Å². The van der Waals surface area contributed by atoms with Crippen LogP contribution in [0.25, 0.3) is 10.9 Å². The first-order valence-electron chi connectivity index (χ1n) is 8.53. The molecule has 0 saturated carbocycles. The molecule has 3 aromatic rings. The third-order valence-corrected chi connectivity index (χ3v) is 4.93. The Labute approximate surface area is 146 Å². The summed E-state index contributed by atoms with van der Waals surface area (Å²) in [6.45, 7) is 6.45. The van der Waals surface area contributed by atoms with Gasteiger partial charge in [-0.2, -0.15) is 5.10 Å². The fourth-order valence-electron chi connectivity index (χ4n) is 3.54. The Morgan fingerprint density at radius 1 is 1.24 bits per heavy atom. The number of carbonyl (C=O) groups excluding carboxylic acids is 1. The van der Waals surface area contributed by atoms with Crippen molar-refractivity contribution in [1.29, 1.82) is 0 Å². The molecule has 128 valence electrons. The highest BCUT2D eigenvalue weighted by atomic mass is 16.2. The van der Waals surface area contributed by atoms with Gasteiger partial charge in [-0.05, 0) is 43.7 Å². The van der Waals surface area contributed by atoms with Crippen LogP contribution in [-0.4, -0.2) is 51.7 Å². The normalized spacial score (nSPS) is 17.9. The van der Waals surface area contributed by atoms with Gasteiger partial charge in [-0.15, -0.1) is 0 Å². The largest absolute Gasteiger partial charge is 0.368 e. The molecule has 1 atom stereocenters. The summed E-state index contributed by atoms with van der Waals surface area (Å²) < 4.78 is 0. The van der Waals surface area contributed by atoms with Crippen LogP contribution < -0.4 is 4.90 Å². The van der Waals surface area contributed by atoms with E-state index in [9.17, 15) is 4.79 Å². The maximum absolute atomic E-state index is 13.1. The van der Waals surface area contributed by atoms with E-state index in [4.69, 9.17) is 0 Å². The van der Waals surface area contributed by atoms with E-state index in [0.29, 0.717) is 6.54 Å². The van der Waals surface area contributed by atoms with Gasteiger partial charge in [-0.1, -0.05) is 0 Å². The maximum Gasteiger partial charge on any atom is 0.254 e. The lowest BCUT2D eigenvalue weighted by atomic mass is 10.0. The van der Waals surface area contributed by atoms with E-state index in [1.54, 1.807) is 18.6 Å². The zero-order chi connectivity index (χ0) is 17.4. The molecule has 1 aromatic carbocycles. The lowest BCUT2D eigenvalue weighted by molar-refractivity contribution is 0.0673. The molecule has 3 heterocycles. The van der Waals surface area contributed by atoms with E-state index in [2.05, 4.69) is 27.0 Å². The van der Waals surface area contributed by atoms with Gasteiger partial charge in [0.1, 0.15) is 0 Å². The molecule has 0 spiro atoms. The monoisotopic (exact) mass is 335 g/mol. The molecule has 1 aliphatic heterocycles. The fraction of sp³-hybridized carbons (Fsp3) is 0.316. The second kappa shape index (κ2) is 6.20. The number of H-pyrrole nitrogens is 1. The van der Waals surface area contributed by atoms with E-state index in [0.717, 1.165) is 40.8 Å². The van der Waals surface area contributed by atoms with Crippen molar-refractivity contribution in [3.8, 4) is 0 Å². The van der Waals surface area contributed by atoms with Crippen LogP contribution in [0.3, 0.4) is 0 Å². The SMILES string of the molecule is Cc1cc2cn[nH]c2cc1C(=O)N1CCN(c2ccncc2)CC1C. The van der Waals surface area contributed by atoms with Crippen molar-refractivity contribution < 1.29 is 4.79 Å². The number of fused-ring (bicyclic) bond motifs is 1. The highest BCUT2D eigenvalue weighted by Gasteiger charge is 2.29. The predicted molar refractivity (Wildman–Crippen MR) is 97.8 cm³/mol. The zero-order valence-electron chi connectivity index (χ0n) is 14.4. The van der Waals surface area contributed by atoms with E-state index in [1.165, 1.54) is 0 Å². The van der Waals surface area contributed by atoms with Crippen molar-refractivity contribution in [2.45, 2.75) is 19.9 Å². The number of nitrogens with one attached hydrogen (secondary N) is 1. The van der Waals surface area contributed by atoms with Crippen LogP contribution >= 0.6 is 0 Å². The lowest BCUT2D eigenvalue weighted by Gasteiger charge is -2.41. The number of aryl methyl sites for hydroxylation is 1. The molecule has 1 N–H and O–H groups in total. The highest BCUT2D eigenvalue weighted by Crippen LogP contribution is 2.23. The Morgan fingerprint density at radius 3 is 2.80 bits per heavy atom. The second-order valence-corrected chi connectivity index (χ2v) is 6.62. The van der Waals surface area contributed by atoms with Crippen molar-refractivity contribution in [3.05, 3.63) is 54.0 Å². The first kappa shape index (κ1) is 15.6. The number of aromatic nitrogens is 3. The number of rotatable bonds is 2. The molecule has 1 unspecified atom stereocenters. The first-order valence-corrected chi connectivity index (χ1v) is 8.53. The molecule has 1 saturated heterocycles. The summed E-state index contributed by atoms with van der Waals surface area (Å²) in [6, 6.07) is 8.11. The molecule has 1 amide bonds. The molecule has 1 aliphatic rings. The Morgan fingerprint density at radius 2 is 2.04 bits per heavy atom. The van der Waals surface area contributed by atoms with Crippen LogP contribution in [-0.2, 0) is 0 Å². The molecule has 0 radical (unpaired) electrons. The quantitative estimate of drug-likeness (QED) is 0.782. The lowest BCUT2D eigenvalue weighted by Crippen LogP contribution is -2.54. The number of hydrogen-bond acceptors (Lipinski definition) is 4. The van der Waals surface area contributed by atoms with Gasteiger partial charge in [-0.3, -0.25) is 14.9 Å². The summed E-state index contributed by atoms with van der Waals surface area (Å²) in [5.41, 5.74) is 3.80. The molecule has 0 aliphatic carbocycles. The molecule has 1 fully saturated rings. The van der Waals surface area contributed by atoms with Gasteiger partial charge in [0.2, 0.25) is 0 Å². The molecule has 0 bridgehead atoms. The zero-order valence-corrected chi connectivity index (χ0v) is 14.4. The van der Waals surface area contributed by atoms with Gasteiger partial charge in [0.05, 0.1) is 11.7 Å². The standard InChI is InChI=1S/C19H21N5O/c1-13-9-15-11-21-22-18(15)10-17(13)19(25)24-8-7-23(12-14(24)2)16-3-5-20-6-4-16/h3-6,9-11,14H,7-8,12H2,1-2H3,(H,21,22). The van der Waals surface area contributed by atoms with Crippen molar-refractivity contribution in [1.82, 2.24) is 20.1 Å². The van der Waals surface area contributed by atoms with Gasteiger partial charge in [0.25, 0.3) is 5.91 Å². The van der Waals surface area contributed by atoms with Crippen molar-refractivity contribution >= 4 is 22.5 Å². The average Bonchev–Trinajstić information content (AvgIpc) is 3.08. The number of aromatic amines is 1. The van der Waals surface area contributed by atoms with E-state index in [1.807, 2.05) is 36.1 Å². The topological polar surface area (TPSA) is 65.1 Å². The molecule has 4 rings (SSSR count). The summed E-state index contributed by atoms with van der Waals surface area (Å²) in [4.78, 5) is 21.5. The van der Waals surface area contributed by atoms with Crippen molar-refractivity contribution in [2.24, 2.45) is 0 Å². The average molecular weight is 335 g/mol. The van der Waals surface area contributed by atoms with Crippen LogP contribution in [0, 0.1) is 6.92 Å². The number of hydrogen-bond donors (Lipinski definition) is 1. The molecular formula is C19H21N5O. The van der Waals surface area contributed by atoms with Gasteiger partial charge >= 0.3 is 0 Å². The Kier molecular flexibility index (Phi) is 3.87. The predicted octanol–water partition coefficient (Wildman–Crippen LogP) is 2.62. The number of pyridine rings is 1. The Balaban J connectivity index is 1.55. The summed E-state index contributed by atoms with van der Waals surface area (Å²) >= 11 is 0. The van der Waals surface area contributed by atoms with E-state index < -0.39 is 0 Å². The van der Waals surface area contributed by atoms with Crippen LogP contribution in [0.4, 0.5) is 5.69 Å². The summed E-state index contributed by atoms with van der Waals surface area (Å²) in [5, 5.41) is 8.03. The highest BCUT2D eigenvalue weighted by molar-refractivity contribution is 5.99. The molecule has 6 nitrogen and oxygen atoms in total. The molecular weight excluding hydrogens is 314 g/mol. The van der Waals surface area contributed by atoms with Crippen LogP contribution in [0.5, 0.6) is 0 Å². The summed E-state index contributed by atoms with van der Waals surface area (Å²) in [7, 11) is 0. The van der Waals surface area contributed by atoms with Gasteiger partial charge in [-0.25, -0.2) is 0 Å². The van der Waals surface area contributed by atoms with Gasteiger partial charge in [0.15, 0.2) is 0 Å². The third-order valence-electron chi connectivity index (χ3n) is 4.93.